The van der Waals surface area contributed by atoms with E-state index in [1.807, 2.05) is 0 Å². The third kappa shape index (κ3) is 3.96. The zero-order chi connectivity index (χ0) is 13.9. The Balaban J connectivity index is 2.14. The van der Waals surface area contributed by atoms with Crippen LogP contribution in [0.3, 0.4) is 0 Å². The lowest BCUT2D eigenvalue weighted by Gasteiger charge is -2.23. The van der Waals surface area contributed by atoms with Crippen LogP contribution in [0.5, 0.6) is 0 Å². The second kappa shape index (κ2) is 5.95. The van der Waals surface area contributed by atoms with Crippen LogP contribution in [-0.4, -0.2) is 0 Å². The highest BCUT2D eigenvalue weighted by Gasteiger charge is 2.16. The predicted octanol–water partition coefficient (Wildman–Crippen LogP) is 5.20. The lowest BCUT2D eigenvalue weighted by atomic mass is 9.86. The molecule has 0 unspecified atom stereocenters. The van der Waals surface area contributed by atoms with E-state index < -0.39 is 0 Å². The first-order chi connectivity index (χ1) is 8.97. The number of nitrogens with one attached hydrogen (secondary N) is 1. The van der Waals surface area contributed by atoms with E-state index >= 15 is 0 Å². The summed E-state index contributed by atoms with van der Waals surface area (Å²) in [6, 6.07) is 17.2. The summed E-state index contributed by atoms with van der Waals surface area (Å²) in [6.45, 7) is 7.61. The molecular formula is C17H20IN. The van der Waals surface area contributed by atoms with Crippen molar-refractivity contribution in [2.75, 3.05) is 5.32 Å². The highest BCUT2D eigenvalue weighted by atomic mass is 127. The van der Waals surface area contributed by atoms with Crippen molar-refractivity contribution < 1.29 is 0 Å². The van der Waals surface area contributed by atoms with E-state index in [2.05, 4.69) is 97.2 Å². The van der Waals surface area contributed by atoms with E-state index in [-0.39, 0.29) is 5.41 Å². The molecule has 0 radical (unpaired) electrons. The molecule has 0 saturated carbocycles. The molecule has 0 aliphatic heterocycles. The average molecular weight is 365 g/mol. The van der Waals surface area contributed by atoms with E-state index in [4.69, 9.17) is 0 Å². The van der Waals surface area contributed by atoms with Crippen LogP contribution in [0.15, 0.2) is 48.5 Å². The molecule has 0 aliphatic carbocycles. The molecular weight excluding hydrogens is 345 g/mol. The topological polar surface area (TPSA) is 12.0 Å². The highest BCUT2D eigenvalue weighted by molar-refractivity contribution is 14.1. The van der Waals surface area contributed by atoms with Gasteiger partial charge in [-0.1, -0.05) is 51.1 Å². The monoisotopic (exact) mass is 365 g/mol. The average Bonchev–Trinajstić information content (AvgIpc) is 2.37. The first-order valence-corrected chi connectivity index (χ1v) is 7.62. The first kappa shape index (κ1) is 14.4. The van der Waals surface area contributed by atoms with E-state index in [0.717, 1.165) is 6.54 Å². The Morgan fingerprint density at radius 1 is 0.947 bits per heavy atom. The molecule has 1 N–H and O–H groups in total. The number of benzene rings is 2. The Morgan fingerprint density at radius 3 is 2.21 bits per heavy atom. The van der Waals surface area contributed by atoms with Gasteiger partial charge in [0.2, 0.25) is 0 Å². The molecule has 0 spiro atoms. The normalized spacial score (nSPS) is 11.4. The van der Waals surface area contributed by atoms with Gasteiger partial charge in [0.05, 0.1) is 0 Å². The van der Waals surface area contributed by atoms with Gasteiger partial charge in [0.25, 0.3) is 0 Å². The molecule has 19 heavy (non-hydrogen) atoms. The number of halogens is 1. The minimum absolute atomic E-state index is 0.162. The van der Waals surface area contributed by atoms with Gasteiger partial charge in [0.1, 0.15) is 0 Å². The Kier molecular flexibility index (Phi) is 4.50. The van der Waals surface area contributed by atoms with Crippen LogP contribution in [0, 0.1) is 3.57 Å². The standard InChI is InChI=1S/C17H20IN/c1-17(2,3)15-6-4-5-7-16(15)19-12-13-8-10-14(18)11-9-13/h4-11,19H,12H2,1-3H3. The fourth-order valence-electron chi connectivity index (χ4n) is 2.09. The summed E-state index contributed by atoms with van der Waals surface area (Å²) >= 11 is 2.33. The number of anilines is 1. The maximum Gasteiger partial charge on any atom is 0.0400 e. The smallest absolute Gasteiger partial charge is 0.0400 e. The van der Waals surface area contributed by atoms with Gasteiger partial charge in [-0.05, 0) is 57.3 Å². The molecule has 0 aliphatic rings. The zero-order valence-corrected chi connectivity index (χ0v) is 13.9. The fourth-order valence-corrected chi connectivity index (χ4v) is 2.45. The van der Waals surface area contributed by atoms with Crippen LogP contribution in [0.2, 0.25) is 0 Å². The highest BCUT2D eigenvalue weighted by Crippen LogP contribution is 2.29. The summed E-state index contributed by atoms with van der Waals surface area (Å²) in [7, 11) is 0. The second-order valence-corrected chi connectivity index (χ2v) is 7.02. The van der Waals surface area contributed by atoms with Gasteiger partial charge in [-0.3, -0.25) is 0 Å². The third-order valence-corrected chi connectivity index (χ3v) is 3.85. The first-order valence-electron chi connectivity index (χ1n) is 6.54. The van der Waals surface area contributed by atoms with Gasteiger partial charge in [-0.25, -0.2) is 0 Å². The minimum atomic E-state index is 0.162. The molecule has 2 aromatic rings. The molecule has 0 heterocycles. The summed E-state index contributed by atoms with van der Waals surface area (Å²) in [5, 5.41) is 3.55. The molecule has 0 atom stereocenters. The van der Waals surface area contributed by atoms with Crippen molar-refractivity contribution in [1.82, 2.24) is 0 Å². The maximum atomic E-state index is 3.55. The number of para-hydroxylation sites is 1. The summed E-state index contributed by atoms with van der Waals surface area (Å²) in [5.74, 6) is 0. The second-order valence-electron chi connectivity index (χ2n) is 5.78. The molecule has 0 saturated heterocycles. The lowest BCUT2D eigenvalue weighted by Crippen LogP contribution is -2.14. The molecule has 1 nitrogen and oxygen atoms in total. The number of hydrogen-bond donors (Lipinski definition) is 1. The van der Waals surface area contributed by atoms with E-state index in [1.54, 1.807) is 0 Å². The van der Waals surface area contributed by atoms with Crippen LogP contribution >= 0.6 is 22.6 Å². The Morgan fingerprint density at radius 2 is 1.58 bits per heavy atom. The van der Waals surface area contributed by atoms with Crippen molar-refractivity contribution in [3.63, 3.8) is 0 Å². The van der Waals surface area contributed by atoms with Crippen molar-refractivity contribution >= 4 is 28.3 Å². The van der Waals surface area contributed by atoms with Crippen molar-refractivity contribution in [3.05, 3.63) is 63.2 Å². The van der Waals surface area contributed by atoms with Gasteiger partial charge in [0.15, 0.2) is 0 Å². The van der Waals surface area contributed by atoms with Crippen molar-refractivity contribution in [2.45, 2.75) is 32.7 Å². The summed E-state index contributed by atoms with van der Waals surface area (Å²) < 4.78 is 1.27. The Bertz CT molecular complexity index is 538. The third-order valence-electron chi connectivity index (χ3n) is 3.13. The lowest BCUT2D eigenvalue weighted by molar-refractivity contribution is 0.591. The van der Waals surface area contributed by atoms with Gasteiger partial charge >= 0.3 is 0 Å². The number of hydrogen-bond acceptors (Lipinski definition) is 1. The molecule has 100 valence electrons. The van der Waals surface area contributed by atoms with Crippen LogP contribution < -0.4 is 5.32 Å². The Labute approximate surface area is 129 Å². The Hall–Kier alpha value is -1.03. The van der Waals surface area contributed by atoms with Crippen molar-refractivity contribution in [2.24, 2.45) is 0 Å². The predicted molar refractivity (Wildman–Crippen MR) is 91.6 cm³/mol. The van der Waals surface area contributed by atoms with E-state index in [9.17, 15) is 0 Å². The molecule has 0 fully saturated rings. The number of rotatable bonds is 3. The van der Waals surface area contributed by atoms with Crippen molar-refractivity contribution in [1.29, 1.82) is 0 Å². The molecule has 0 amide bonds. The van der Waals surface area contributed by atoms with Gasteiger partial charge in [-0.15, -0.1) is 0 Å². The minimum Gasteiger partial charge on any atom is -0.381 e. The van der Waals surface area contributed by atoms with Gasteiger partial charge in [-0.2, -0.15) is 0 Å². The van der Waals surface area contributed by atoms with Gasteiger partial charge < -0.3 is 5.32 Å². The van der Waals surface area contributed by atoms with E-state index in [1.165, 1.54) is 20.4 Å². The fraction of sp³-hybridized carbons (Fsp3) is 0.294. The SMILES string of the molecule is CC(C)(C)c1ccccc1NCc1ccc(I)cc1. The van der Waals surface area contributed by atoms with Crippen LogP contribution in [0.25, 0.3) is 0 Å². The van der Waals surface area contributed by atoms with Crippen molar-refractivity contribution in [3.8, 4) is 0 Å². The summed E-state index contributed by atoms with van der Waals surface area (Å²) in [4.78, 5) is 0. The molecule has 0 bridgehead atoms. The van der Waals surface area contributed by atoms with Gasteiger partial charge in [0, 0.05) is 15.8 Å². The largest absolute Gasteiger partial charge is 0.381 e. The quantitative estimate of drug-likeness (QED) is 0.737. The van der Waals surface area contributed by atoms with Crippen LogP contribution in [-0.2, 0) is 12.0 Å². The van der Waals surface area contributed by atoms with Crippen LogP contribution in [0.1, 0.15) is 31.9 Å². The molecule has 2 aromatic carbocycles. The van der Waals surface area contributed by atoms with E-state index in [0.29, 0.717) is 0 Å². The molecule has 2 rings (SSSR count). The molecule has 2 heteroatoms. The molecule has 0 aromatic heterocycles. The maximum absolute atomic E-state index is 3.55. The summed E-state index contributed by atoms with van der Waals surface area (Å²) in [6.07, 6.45) is 0. The zero-order valence-electron chi connectivity index (χ0n) is 11.7. The summed E-state index contributed by atoms with van der Waals surface area (Å²) in [5.41, 5.74) is 4.06. The van der Waals surface area contributed by atoms with Crippen LogP contribution in [0.4, 0.5) is 5.69 Å².